The van der Waals surface area contributed by atoms with Gasteiger partial charge < -0.3 is 15.2 Å². The zero-order valence-corrected chi connectivity index (χ0v) is 13.9. The maximum absolute atomic E-state index is 9.23. The van der Waals surface area contributed by atoms with Crippen LogP contribution in [0.3, 0.4) is 0 Å². The van der Waals surface area contributed by atoms with Gasteiger partial charge in [-0.1, -0.05) is 31.2 Å². The number of nitrogens with one attached hydrogen (secondary N) is 1. The maximum Gasteiger partial charge on any atom is 0.162 e. The summed E-state index contributed by atoms with van der Waals surface area (Å²) < 4.78 is 5.29. The SMILES string of the molecule is COc1cccc(-c2nc(NCC(C)CO)c3ccccc3n2)c1. The molecule has 0 aliphatic rings. The van der Waals surface area contributed by atoms with Gasteiger partial charge in [-0.2, -0.15) is 0 Å². The molecule has 0 saturated carbocycles. The second-order valence-electron chi connectivity index (χ2n) is 5.81. The number of rotatable bonds is 6. The summed E-state index contributed by atoms with van der Waals surface area (Å²) in [5, 5.41) is 13.5. The number of aliphatic hydroxyl groups excluding tert-OH is 1. The first kappa shape index (κ1) is 16.2. The Kier molecular flexibility index (Phi) is 4.91. The summed E-state index contributed by atoms with van der Waals surface area (Å²) in [6.07, 6.45) is 0. The number of benzene rings is 2. The van der Waals surface area contributed by atoms with Crippen LogP contribution in [0.1, 0.15) is 6.92 Å². The lowest BCUT2D eigenvalue weighted by molar-refractivity contribution is 0.244. The fourth-order valence-electron chi connectivity index (χ4n) is 2.44. The van der Waals surface area contributed by atoms with Gasteiger partial charge in [-0.15, -0.1) is 0 Å². The van der Waals surface area contributed by atoms with Gasteiger partial charge in [0.05, 0.1) is 12.6 Å². The average molecular weight is 323 g/mol. The van der Waals surface area contributed by atoms with Crippen molar-refractivity contribution in [2.45, 2.75) is 6.92 Å². The molecule has 0 spiro atoms. The van der Waals surface area contributed by atoms with Crippen LogP contribution in [0, 0.1) is 5.92 Å². The van der Waals surface area contributed by atoms with Crippen LogP contribution in [0.4, 0.5) is 5.82 Å². The Morgan fingerprint density at radius 3 is 2.75 bits per heavy atom. The Balaban J connectivity index is 2.05. The van der Waals surface area contributed by atoms with Crippen molar-refractivity contribution < 1.29 is 9.84 Å². The van der Waals surface area contributed by atoms with Crippen molar-refractivity contribution in [2.24, 2.45) is 5.92 Å². The highest BCUT2D eigenvalue weighted by Gasteiger charge is 2.10. The Hall–Kier alpha value is -2.66. The molecule has 5 heteroatoms. The van der Waals surface area contributed by atoms with Gasteiger partial charge >= 0.3 is 0 Å². The number of methoxy groups -OCH3 is 1. The van der Waals surface area contributed by atoms with Crippen molar-refractivity contribution in [1.82, 2.24) is 9.97 Å². The van der Waals surface area contributed by atoms with Crippen LogP contribution in [0.25, 0.3) is 22.3 Å². The van der Waals surface area contributed by atoms with E-state index in [-0.39, 0.29) is 12.5 Å². The minimum atomic E-state index is 0.138. The topological polar surface area (TPSA) is 67.3 Å². The summed E-state index contributed by atoms with van der Waals surface area (Å²) in [5.41, 5.74) is 1.78. The van der Waals surface area contributed by atoms with Gasteiger partial charge in [-0.05, 0) is 30.2 Å². The van der Waals surface area contributed by atoms with Crippen molar-refractivity contribution in [3.8, 4) is 17.1 Å². The summed E-state index contributed by atoms with van der Waals surface area (Å²) >= 11 is 0. The van der Waals surface area contributed by atoms with E-state index >= 15 is 0 Å². The van der Waals surface area contributed by atoms with Crippen LogP contribution in [0.15, 0.2) is 48.5 Å². The molecular weight excluding hydrogens is 302 g/mol. The number of aromatic nitrogens is 2. The number of ether oxygens (including phenoxy) is 1. The number of aliphatic hydroxyl groups is 1. The molecule has 5 nitrogen and oxygen atoms in total. The summed E-state index contributed by atoms with van der Waals surface area (Å²) in [6, 6.07) is 15.6. The molecule has 0 amide bonds. The van der Waals surface area contributed by atoms with Crippen LogP contribution >= 0.6 is 0 Å². The van der Waals surface area contributed by atoms with E-state index in [4.69, 9.17) is 9.72 Å². The van der Waals surface area contributed by atoms with E-state index in [1.807, 2.05) is 55.5 Å². The van der Waals surface area contributed by atoms with E-state index in [1.165, 1.54) is 0 Å². The van der Waals surface area contributed by atoms with E-state index in [0.717, 1.165) is 28.0 Å². The van der Waals surface area contributed by atoms with Crippen molar-refractivity contribution in [3.63, 3.8) is 0 Å². The molecular formula is C19H21N3O2. The molecule has 0 aliphatic heterocycles. The smallest absolute Gasteiger partial charge is 0.162 e. The Bertz CT molecular complexity index is 836. The molecule has 0 aliphatic carbocycles. The van der Waals surface area contributed by atoms with E-state index < -0.39 is 0 Å². The normalized spacial score (nSPS) is 12.1. The number of nitrogens with zero attached hydrogens (tertiary/aromatic N) is 2. The maximum atomic E-state index is 9.23. The van der Waals surface area contributed by atoms with Gasteiger partial charge in [0.1, 0.15) is 11.6 Å². The molecule has 2 aromatic carbocycles. The van der Waals surface area contributed by atoms with Crippen LogP contribution in [0.5, 0.6) is 5.75 Å². The first-order valence-corrected chi connectivity index (χ1v) is 7.97. The van der Waals surface area contributed by atoms with Gasteiger partial charge in [-0.25, -0.2) is 9.97 Å². The predicted octanol–water partition coefficient (Wildman–Crippen LogP) is 3.35. The highest BCUT2D eigenvalue weighted by atomic mass is 16.5. The second-order valence-corrected chi connectivity index (χ2v) is 5.81. The summed E-state index contributed by atoms with van der Waals surface area (Å²) in [7, 11) is 1.64. The van der Waals surface area contributed by atoms with Gasteiger partial charge in [0.2, 0.25) is 0 Å². The van der Waals surface area contributed by atoms with Crippen molar-refractivity contribution >= 4 is 16.7 Å². The number of anilines is 1. The first-order valence-electron chi connectivity index (χ1n) is 7.97. The number of hydrogen-bond donors (Lipinski definition) is 2. The summed E-state index contributed by atoms with van der Waals surface area (Å²) in [4.78, 5) is 9.37. The van der Waals surface area contributed by atoms with E-state index in [9.17, 15) is 5.11 Å². The Labute approximate surface area is 141 Å². The molecule has 24 heavy (non-hydrogen) atoms. The number of para-hydroxylation sites is 1. The first-order chi connectivity index (χ1) is 11.7. The highest BCUT2D eigenvalue weighted by molar-refractivity contribution is 5.90. The Morgan fingerprint density at radius 2 is 1.96 bits per heavy atom. The molecule has 1 atom stereocenters. The molecule has 3 aromatic rings. The Morgan fingerprint density at radius 1 is 1.12 bits per heavy atom. The standard InChI is InChI=1S/C19H21N3O2/c1-13(12-23)11-20-19-16-8-3-4-9-17(16)21-18(22-19)14-6-5-7-15(10-14)24-2/h3-10,13,23H,11-12H2,1-2H3,(H,20,21,22). The lowest BCUT2D eigenvalue weighted by atomic mass is 10.1. The molecule has 0 bridgehead atoms. The minimum absolute atomic E-state index is 0.138. The quantitative estimate of drug-likeness (QED) is 0.728. The third-order valence-corrected chi connectivity index (χ3v) is 3.86. The van der Waals surface area contributed by atoms with Gasteiger partial charge in [0.25, 0.3) is 0 Å². The van der Waals surface area contributed by atoms with Crippen molar-refractivity contribution in [2.75, 3.05) is 25.6 Å². The molecule has 1 aromatic heterocycles. The average Bonchev–Trinajstić information content (AvgIpc) is 2.65. The zero-order chi connectivity index (χ0) is 16.9. The van der Waals surface area contributed by atoms with Crippen molar-refractivity contribution in [3.05, 3.63) is 48.5 Å². The number of hydrogen-bond acceptors (Lipinski definition) is 5. The molecule has 1 heterocycles. The molecule has 3 rings (SSSR count). The second kappa shape index (κ2) is 7.27. The fraction of sp³-hybridized carbons (Fsp3) is 0.263. The monoisotopic (exact) mass is 323 g/mol. The van der Waals surface area contributed by atoms with Crippen molar-refractivity contribution in [1.29, 1.82) is 0 Å². The van der Waals surface area contributed by atoms with Crippen LogP contribution < -0.4 is 10.1 Å². The van der Waals surface area contributed by atoms with Crippen LogP contribution in [-0.4, -0.2) is 35.3 Å². The fourth-order valence-corrected chi connectivity index (χ4v) is 2.44. The van der Waals surface area contributed by atoms with E-state index in [0.29, 0.717) is 12.4 Å². The molecule has 0 radical (unpaired) electrons. The molecule has 2 N–H and O–H groups in total. The number of fused-ring (bicyclic) bond motifs is 1. The predicted molar refractivity (Wildman–Crippen MR) is 96.3 cm³/mol. The van der Waals surface area contributed by atoms with E-state index in [2.05, 4.69) is 10.3 Å². The largest absolute Gasteiger partial charge is 0.497 e. The van der Waals surface area contributed by atoms with Gasteiger partial charge in [-0.3, -0.25) is 0 Å². The zero-order valence-electron chi connectivity index (χ0n) is 13.9. The third kappa shape index (κ3) is 3.46. The summed E-state index contributed by atoms with van der Waals surface area (Å²) in [6.45, 7) is 2.77. The molecule has 124 valence electrons. The molecule has 1 unspecified atom stereocenters. The third-order valence-electron chi connectivity index (χ3n) is 3.86. The summed E-state index contributed by atoms with van der Waals surface area (Å²) in [5.74, 6) is 2.34. The van der Waals surface area contributed by atoms with Gasteiger partial charge in [0.15, 0.2) is 5.82 Å². The lowest BCUT2D eigenvalue weighted by Gasteiger charge is -2.13. The lowest BCUT2D eigenvalue weighted by Crippen LogP contribution is -2.15. The van der Waals surface area contributed by atoms with Crippen LogP contribution in [-0.2, 0) is 0 Å². The van der Waals surface area contributed by atoms with Gasteiger partial charge in [0, 0.05) is 24.1 Å². The molecule has 0 saturated heterocycles. The van der Waals surface area contributed by atoms with E-state index in [1.54, 1.807) is 7.11 Å². The minimum Gasteiger partial charge on any atom is -0.497 e. The molecule has 0 fully saturated rings. The highest BCUT2D eigenvalue weighted by Crippen LogP contribution is 2.26. The van der Waals surface area contributed by atoms with Crippen LogP contribution in [0.2, 0.25) is 0 Å².